The fourth-order valence-electron chi connectivity index (χ4n) is 8.24. The number of benzene rings is 4. The summed E-state index contributed by atoms with van der Waals surface area (Å²) < 4.78 is 21.0. The standard InChI is InChI=1S/C25H27N5O3S.C15H19N3S.C9H7BrO3.3CH4/c26-24-23(22(31)17-3-8-20-21(13-17)33-15-32-20)34-25(28-24)27-18-4-6-19(7-5-18)30-11-9-29(10-12-30)14-16-1-2-16;19-12-16-14-3-5-15(6-4-14)18-9-7-17(8-10-18)11-13-1-2-13;10-4-7(11)6-1-2-8-9(3-6)13-5-12-8;;;/h3-8,13,16H,1-2,9-12,14-15,26H2,(H,27,28);3-6,13H,1-2,7-11H2;1-3H,4-5H2;3*1H4. The molecule has 4 aromatic carbocycles. The molecule has 0 unspecified atom stereocenters. The van der Waals surface area contributed by atoms with Gasteiger partial charge in [0.1, 0.15) is 10.7 Å². The second-order valence-corrected chi connectivity index (χ2v) is 18.9. The van der Waals surface area contributed by atoms with E-state index in [1.165, 1.54) is 74.6 Å². The summed E-state index contributed by atoms with van der Waals surface area (Å²) in [5.74, 6) is 4.57. The Morgan fingerprint density at radius 2 is 1.17 bits per heavy atom. The lowest BCUT2D eigenvalue weighted by atomic mass is 10.1. The number of nitrogen functional groups attached to an aromatic ring is 1. The molecule has 0 atom stereocenters. The summed E-state index contributed by atoms with van der Waals surface area (Å²) in [5.41, 5.74) is 11.5. The zero-order valence-corrected chi connectivity index (χ0v) is 39.9. The Morgan fingerprint density at radius 1 is 0.696 bits per heavy atom. The molecule has 2 aliphatic carbocycles. The number of carbonyl (C=O) groups is 2. The molecule has 5 heterocycles. The lowest BCUT2D eigenvalue weighted by Gasteiger charge is -2.36. The van der Waals surface area contributed by atoms with E-state index in [9.17, 15) is 9.59 Å². The van der Waals surface area contributed by atoms with Crippen molar-refractivity contribution in [3.63, 3.8) is 0 Å². The Kier molecular flexibility index (Phi) is 19.0. The Balaban J connectivity index is 0.000000189. The number of anilines is 5. The first-order valence-electron chi connectivity index (χ1n) is 22.5. The van der Waals surface area contributed by atoms with Gasteiger partial charge in [-0.15, -0.1) is 0 Å². The lowest BCUT2D eigenvalue weighted by Crippen LogP contribution is -2.47. The van der Waals surface area contributed by atoms with Gasteiger partial charge in [-0.3, -0.25) is 19.4 Å². The van der Waals surface area contributed by atoms with Gasteiger partial charge in [-0.2, -0.15) is 4.99 Å². The summed E-state index contributed by atoms with van der Waals surface area (Å²) in [7, 11) is 0. The number of thiazole rings is 1. The molecule has 6 aliphatic rings. The van der Waals surface area contributed by atoms with E-state index in [0.717, 1.165) is 62.5 Å². The summed E-state index contributed by atoms with van der Waals surface area (Å²) in [6, 6.07) is 26.9. The van der Waals surface area contributed by atoms with Crippen molar-refractivity contribution in [3.8, 4) is 23.0 Å². The molecule has 0 bridgehead atoms. The lowest BCUT2D eigenvalue weighted by molar-refractivity contribution is 0.102. The number of nitrogens with zero attached hydrogens (tertiary/aromatic N) is 6. The van der Waals surface area contributed by atoms with Crippen LogP contribution in [0.15, 0.2) is 89.9 Å². The Hall–Kier alpha value is -5.55. The van der Waals surface area contributed by atoms with Gasteiger partial charge < -0.3 is 39.8 Å². The van der Waals surface area contributed by atoms with Gasteiger partial charge in [-0.05, 0) is 135 Å². The topological polar surface area (TPSA) is 147 Å². The average molecular weight is 1040 g/mol. The first-order chi connectivity index (χ1) is 32.3. The normalized spacial score (nSPS) is 16.7. The molecule has 0 radical (unpaired) electrons. The predicted octanol–water partition coefficient (Wildman–Crippen LogP) is 10.8. The summed E-state index contributed by atoms with van der Waals surface area (Å²) in [4.78, 5) is 43.1. The predicted molar refractivity (Wildman–Crippen MR) is 287 cm³/mol. The first kappa shape index (κ1) is 52.8. The molecule has 4 fully saturated rings. The number of hydrogen-bond acceptors (Lipinski definition) is 16. The van der Waals surface area contributed by atoms with Crippen molar-refractivity contribution in [2.75, 3.05) is 105 Å². The second-order valence-electron chi connectivity index (χ2n) is 17.1. The van der Waals surface area contributed by atoms with Crippen LogP contribution < -0.4 is 39.8 Å². The van der Waals surface area contributed by atoms with Gasteiger partial charge in [-0.25, -0.2) is 4.98 Å². The number of alkyl halides is 1. The van der Waals surface area contributed by atoms with Crippen LogP contribution in [0.3, 0.4) is 0 Å². The number of piperazine rings is 2. The molecule has 11 rings (SSSR count). The van der Waals surface area contributed by atoms with Gasteiger partial charge in [0.25, 0.3) is 0 Å². The number of nitrogens with one attached hydrogen (secondary N) is 1. The monoisotopic (exact) mass is 1040 g/mol. The number of rotatable bonds is 13. The van der Waals surface area contributed by atoms with E-state index in [1.54, 1.807) is 36.4 Å². The number of Topliss-reactive ketones (excluding diaryl/α,β-unsaturated/α-hetero) is 1. The second kappa shape index (κ2) is 24.8. The summed E-state index contributed by atoms with van der Waals surface area (Å²) >= 11 is 8.97. The van der Waals surface area contributed by atoms with Gasteiger partial charge in [0.05, 0.1) is 16.2 Å². The number of ketones is 2. The van der Waals surface area contributed by atoms with Gasteiger partial charge >= 0.3 is 0 Å². The Labute approximate surface area is 424 Å². The van der Waals surface area contributed by atoms with Gasteiger partial charge in [0.15, 0.2) is 33.9 Å². The van der Waals surface area contributed by atoms with Crippen LogP contribution in [0.2, 0.25) is 0 Å². The zero-order chi connectivity index (χ0) is 45.4. The largest absolute Gasteiger partial charge is 0.454 e. The third kappa shape index (κ3) is 14.0. The molecule has 0 amide bonds. The molecule has 17 heteroatoms. The van der Waals surface area contributed by atoms with E-state index in [4.69, 9.17) is 24.7 Å². The van der Waals surface area contributed by atoms with Crippen LogP contribution >= 0.6 is 39.5 Å². The van der Waals surface area contributed by atoms with Crippen LogP contribution in [0.1, 0.15) is 73.6 Å². The van der Waals surface area contributed by atoms with Crippen LogP contribution in [0.25, 0.3) is 0 Å². The third-order valence-corrected chi connectivity index (χ3v) is 13.9. The molecule has 1 aromatic heterocycles. The third-order valence-electron chi connectivity index (χ3n) is 12.4. The molecule has 5 aromatic rings. The number of halogens is 1. The van der Waals surface area contributed by atoms with Crippen LogP contribution in [0.4, 0.5) is 33.7 Å². The van der Waals surface area contributed by atoms with Crippen molar-refractivity contribution in [1.29, 1.82) is 0 Å². The molecular weight excluding hydrogens is 977 g/mol. The van der Waals surface area contributed by atoms with Crippen molar-refractivity contribution in [1.82, 2.24) is 14.8 Å². The van der Waals surface area contributed by atoms with E-state index in [0.29, 0.717) is 49.5 Å². The van der Waals surface area contributed by atoms with Crippen molar-refractivity contribution < 1.29 is 28.5 Å². The number of aromatic nitrogens is 1. The van der Waals surface area contributed by atoms with Gasteiger partial charge in [0.2, 0.25) is 19.4 Å². The van der Waals surface area contributed by atoms with Crippen LogP contribution in [-0.2, 0) is 0 Å². The highest BCUT2D eigenvalue weighted by molar-refractivity contribution is 9.09. The number of aliphatic imine (C=N–C) groups is 1. The maximum atomic E-state index is 13.0. The van der Waals surface area contributed by atoms with E-state index >= 15 is 0 Å². The van der Waals surface area contributed by atoms with Crippen LogP contribution in [-0.4, -0.2) is 116 Å². The van der Waals surface area contributed by atoms with E-state index in [-0.39, 0.29) is 53.3 Å². The number of nitrogens with two attached hydrogens (primary N) is 1. The smallest absolute Gasteiger partial charge is 0.231 e. The minimum absolute atomic E-state index is 0. The highest BCUT2D eigenvalue weighted by Gasteiger charge is 2.28. The average Bonchev–Trinajstić information content (AvgIpc) is 4.20. The fraction of sp³-hybridized carbons (Fsp3) is 0.423. The maximum Gasteiger partial charge on any atom is 0.231 e. The van der Waals surface area contributed by atoms with Crippen molar-refractivity contribution in [2.24, 2.45) is 16.8 Å². The molecular formula is C52H65BrN8O6S2. The van der Waals surface area contributed by atoms with Crippen molar-refractivity contribution in [2.45, 2.75) is 48.0 Å². The molecule has 14 nitrogen and oxygen atoms in total. The SMILES string of the molecule is C.C.C.Nc1nc(Nc2ccc(N3CCN(CC4CC4)CC3)cc2)sc1C(=O)c1ccc2c(c1)OCO2.O=C(CBr)c1ccc2c(c1)OCO2.S=C=Nc1ccc(N2CCN(CC3CC3)CC2)cc1. The van der Waals surface area contributed by atoms with Crippen LogP contribution in [0, 0.1) is 11.8 Å². The molecule has 2 saturated heterocycles. The summed E-state index contributed by atoms with van der Waals surface area (Å²) in [6.45, 7) is 12.0. The summed E-state index contributed by atoms with van der Waals surface area (Å²) in [5, 5.41) is 6.60. The number of fused-ring (bicyclic) bond motifs is 2. The molecule has 4 aliphatic heterocycles. The van der Waals surface area contributed by atoms with Gasteiger partial charge in [-0.1, -0.05) is 49.5 Å². The highest BCUT2D eigenvalue weighted by atomic mass is 79.9. The van der Waals surface area contributed by atoms with Gasteiger partial charge in [0, 0.05) is 93.6 Å². The number of isothiocyanates is 1. The first-order valence-corrected chi connectivity index (χ1v) is 24.8. The quantitative estimate of drug-likeness (QED) is 0.0499. The Morgan fingerprint density at radius 3 is 1.67 bits per heavy atom. The Bertz CT molecular complexity index is 2530. The molecule has 0 spiro atoms. The van der Waals surface area contributed by atoms with Crippen molar-refractivity contribution in [3.05, 3.63) is 101 Å². The van der Waals surface area contributed by atoms with E-state index in [2.05, 4.69) is 92.5 Å². The zero-order valence-electron chi connectivity index (χ0n) is 36.7. The number of thiocarbonyl (C=S) groups is 1. The molecule has 2 saturated carbocycles. The number of ether oxygens (including phenoxy) is 4. The van der Waals surface area contributed by atoms with E-state index < -0.39 is 0 Å². The molecule has 3 N–H and O–H groups in total. The fourth-order valence-corrected chi connectivity index (χ4v) is 9.54. The molecule has 368 valence electrons. The van der Waals surface area contributed by atoms with E-state index in [1.807, 2.05) is 24.3 Å². The molecule has 69 heavy (non-hydrogen) atoms. The number of hydrogen-bond donors (Lipinski definition) is 2. The highest BCUT2D eigenvalue weighted by Crippen LogP contribution is 2.37. The van der Waals surface area contributed by atoms with Crippen LogP contribution in [0.5, 0.6) is 23.0 Å². The summed E-state index contributed by atoms with van der Waals surface area (Å²) in [6.07, 6.45) is 5.71. The minimum Gasteiger partial charge on any atom is -0.454 e. The van der Waals surface area contributed by atoms with Crippen molar-refractivity contribution >= 4 is 89.9 Å². The minimum atomic E-state index is -0.183. The number of carbonyl (C=O) groups excluding carboxylic acids is 2. The maximum absolute atomic E-state index is 13.0.